The zero-order valence-corrected chi connectivity index (χ0v) is 11.7. The fourth-order valence-corrected chi connectivity index (χ4v) is 4.33. The van der Waals surface area contributed by atoms with Crippen LogP contribution in [0.4, 0.5) is 0 Å². The largest absolute Gasteiger partial charge is 0.481 e. The third-order valence-corrected chi connectivity index (χ3v) is 6.08. The Morgan fingerprint density at radius 1 is 1.37 bits per heavy atom. The predicted octanol–water partition coefficient (Wildman–Crippen LogP) is 2.28. The molecule has 1 atom stereocenters. The maximum Gasteiger partial charge on any atom is 0.306 e. The molecule has 104 valence electrons. The lowest BCUT2D eigenvalue weighted by Gasteiger charge is -2.26. The van der Waals surface area contributed by atoms with Crippen LogP contribution in [0.1, 0.15) is 31.7 Å². The number of carboxylic acid groups (broad SMARTS) is 1. The van der Waals surface area contributed by atoms with Crippen molar-refractivity contribution in [2.45, 2.75) is 42.8 Å². The summed E-state index contributed by atoms with van der Waals surface area (Å²) in [5, 5.41) is 8.67. The third kappa shape index (κ3) is 2.81. The van der Waals surface area contributed by atoms with E-state index in [-0.39, 0.29) is 11.7 Å². The number of carbonyl (C=O) groups is 1. The van der Waals surface area contributed by atoms with Crippen molar-refractivity contribution in [2.24, 2.45) is 5.92 Å². The summed E-state index contributed by atoms with van der Waals surface area (Å²) in [6.07, 6.45) is 2.63. The standard InChI is InChI=1S/C14H18O4S/c1-10(14(15)16)9-11-5-2-3-8-13(11)19(17,18)12-6-4-7-12/h2-3,5,8,10,12H,4,6-7,9H2,1H3,(H,15,16). The molecule has 1 aromatic rings. The number of hydrogen-bond donors (Lipinski definition) is 1. The molecule has 1 aromatic carbocycles. The van der Waals surface area contributed by atoms with E-state index in [0.29, 0.717) is 23.3 Å². The Balaban J connectivity index is 2.33. The minimum atomic E-state index is -3.30. The van der Waals surface area contributed by atoms with Crippen LogP contribution in [0.3, 0.4) is 0 Å². The summed E-state index contributed by atoms with van der Waals surface area (Å²) in [4.78, 5) is 11.2. The van der Waals surface area contributed by atoms with Crippen molar-refractivity contribution in [3.05, 3.63) is 29.8 Å². The SMILES string of the molecule is CC(Cc1ccccc1S(=O)(=O)C1CCC1)C(=O)O. The van der Waals surface area contributed by atoms with Gasteiger partial charge in [0.25, 0.3) is 0 Å². The zero-order chi connectivity index (χ0) is 14.0. The molecule has 0 heterocycles. The van der Waals surface area contributed by atoms with Crippen LogP contribution in [0.15, 0.2) is 29.2 Å². The molecule has 0 amide bonds. The topological polar surface area (TPSA) is 71.4 Å². The van der Waals surface area contributed by atoms with Gasteiger partial charge in [-0.05, 0) is 30.9 Å². The second-order valence-corrected chi connectivity index (χ2v) is 7.35. The molecule has 1 aliphatic rings. The lowest BCUT2D eigenvalue weighted by molar-refractivity contribution is -0.141. The average Bonchev–Trinajstić information content (AvgIpc) is 2.26. The summed E-state index contributed by atoms with van der Waals surface area (Å²) in [6.45, 7) is 1.59. The first kappa shape index (κ1) is 14.1. The quantitative estimate of drug-likeness (QED) is 0.899. The van der Waals surface area contributed by atoms with Crippen LogP contribution in [0.25, 0.3) is 0 Å². The molecule has 0 aliphatic heterocycles. The van der Waals surface area contributed by atoms with Crippen molar-refractivity contribution < 1.29 is 18.3 Å². The van der Waals surface area contributed by atoms with E-state index in [9.17, 15) is 13.2 Å². The van der Waals surface area contributed by atoms with Gasteiger partial charge in [-0.2, -0.15) is 0 Å². The summed E-state index contributed by atoms with van der Waals surface area (Å²) in [7, 11) is -3.30. The second-order valence-electron chi connectivity index (χ2n) is 5.15. The monoisotopic (exact) mass is 282 g/mol. The number of sulfone groups is 1. The van der Waals surface area contributed by atoms with Crippen LogP contribution in [0, 0.1) is 5.92 Å². The molecule has 0 radical (unpaired) electrons. The minimum absolute atomic E-state index is 0.247. The molecule has 0 aromatic heterocycles. The molecule has 19 heavy (non-hydrogen) atoms. The van der Waals surface area contributed by atoms with Crippen molar-refractivity contribution in [1.82, 2.24) is 0 Å². The second kappa shape index (κ2) is 5.33. The first-order valence-electron chi connectivity index (χ1n) is 6.47. The van der Waals surface area contributed by atoms with E-state index in [1.54, 1.807) is 31.2 Å². The first-order valence-corrected chi connectivity index (χ1v) is 8.02. The van der Waals surface area contributed by atoms with Gasteiger partial charge in [-0.25, -0.2) is 8.42 Å². The highest BCUT2D eigenvalue weighted by molar-refractivity contribution is 7.92. The molecule has 4 nitrogen and oxygen atoms in total. The lowest BCUT2D eigenvalue weighted by Crippen LogP contribution is -2.29. The Hall–Kier alpha value is -1.36. The summed E-state index contributed by atoms with van der Waals surface area (Å²) in [5.41, 5.74) is 0.615. The summed E-state index contributed by atoms with van der Waals surface area (Å²) in [6, 6.07) is 6.76. The van der Waals surface area contributed by atoms with Crippen molar-refractivity contribution in [3.63, 3.8) is 0 Å². The van der Waals surface area contributed by atoms with E-state index >= 15 is 0 Å². The number of hydrogen-bond acceptors (Lipinski definition) is 3. The molecule has 1 aliphatic carbocycles. The van der Waals surface area contributed by atoms with Crippen LogP contribution in [-0.4, -0.2) is 24.7 Å². The number of benzene rings is 1. The minimum Gasteiger partial charge on any atom is -0.481 e. The van der Waals surface area contributed by atoms with Gasteiger partial charge in [-0.1, -0.05) is 31.5 Å². The Kier molecular flexibility index (Phi) is 3.94. The molecule has 0 spiro atoms. The Morgan fingerprint density at radius 2 is 2.00 bits per heavy atom. The van der Waals surface area contributed by atoms with Gasteiger partial charge < -0.3 is 5.11 Å². The molecule has 0 saturated heterocycles. The molecular weight excluding hydrogens is 264 g/mol. The van der Waals surface area contributed by atoms with E-state index in [1.807, 2.05) is 0 Å². The van der Waals surface area contributed by atoms with Crippen molar-refractivity contribution >= 4 is 15.8 Å². The fourth-order valence-electron chi connectivity index (χ4n) is 2.23. The number of rotatable bonds is 5. The Bertz CT molecular complexity index is 573. The van der Waals surface area contributed by atoms with Gasteiger partial charge in [0.2, 0.25) is 0 Å². The molecule has 5 heteroatoms. The molecular formula is C14H18O4S. The maximum absolute atomic E-state index is 12.4. The van der Waals surface area contributed by atoms with Crippen molar-refractivity contribution in [2.75, 3.05) is 0 Å². The van der Waals surface area contributed by atoms with Crippen LogP contribution < -0.4 is 0 Å². The summed E-state index contributed by atoms with van der Waals surface area (Å²) in [5.74, 6) is -1.49. The highest BCUT2D eigenvalue weighted by Crippen LogP contribution is 2.33. The number of aliphatic carboxylic acids is 1. The van der Waals surface area contributed by atoms with Crippen molar-refractivity contribution in [1.29, 1.82) is 0 Å². The van der Waals surface area contributed by atoms with Gasteiger partial charge in [-0.15, -0.1) is 0 Å². The first-order chi connectivity index (χ1) is 8.93. The maximum atomic E-state index is 12.4. The van der Waals surface area contributed by atoms with Crippen LogP contribution in [0.2, 0.25) is 0 Å². The van der Waals surface area contributed by atoms with Crippen LogP contribution in [-0.2, 0) is 21.1 Å². The van der Waals surface area contributed by atoms with Crippen LogP contribution in [0.5, 0.6) is 0 Å². The molecule has 1 saturated carbocycles. The van der Waals surface area contributed by atoms with Gasteiger partial charge in [0, 0.05) is 0 Å². The zero-order valence-electron chi connectivity index (χ0n) is 10.9. The highest BCUT2D eigenvalue weighted by Gasteiger charge is 2.34. The van der Waals surface area contributed by atoms with Crippen LogP contribution >= 0.6 is 0 Å². The normalized spacial score (nSPS) is 17.7. The van der Waals surface area contributed by atoms with Gasteiger partial charge in [-0.3, -0.25) is 4.79 Å². The van der Waals surface area contributed by atoms with Gasteiger partial charge in [0.15, 0.2) is 9.84 Å². The number of carboxylic acids is 1. The van der Waals surface area contributed by atoms with E-state index in [1.165, 1.54) is 0 Å². The van der Waals surface area contributed by atoms with E-state index < -0.39 is 21.7 Å². The molecule has 1 unspecified atom stereocenters. The lowest BCUT2D eigenvalue weighted by atomic mass is 10.00. The highest BCUT2D eigenvalue weighted by atomic mass is 32.2. The molecule has 1 N–H and O–H groups in total. The Labute approximate surface area is 113 Å². The van der Waals surface area contributed by atoms with Crippen molar-refractivity contribution in [3.8, 4) is 0 Å². The summed E-state index contributed by atoms with van der Waals surface area (Å²) < 4.78 is 24.9. The van der Waals surface area contributed by atoms with E-state index in [2.05, 4.69) is 0 Å². The molecule has 0 bridgehead atoms. The molecule has 2 rings (SSSR count). The van der Waals surface area contributed by atoms with E-state index in [4.69, 9.17) is 5.11 Å². The predicted molar refractivity (Wildman–Crippen MR) is 71.8 cm³/mol. The van der Waals surface area contributed by atoms with Gasteiger partial charge in [0.1, 0.15) is 0 Å². The average molecular weight is 282 g/mol. The smallest absolute Gasteiger partial charge is 0.306 e. The fraction of sp³-hybridized carbons (Fsp3) is 0.500. The third-order valence-electron chi connectivity index (χ3n) is 3.72. The van der Waals surface area contributed by atoms with Gasteiger partial charge in [0.05, 0.1) is 16.1 Å². The van der Waals surface area contributed by atoms with Gasteiger partial charge >= 0.3 is 5.97 Å². The van der Waals surface area contributed by atoms with E-state index in [0.717, 1.165) is 6.42 Å². The summed E-state index contributed by atoms with van der Waals surface area (Å²) >= 11 is 0. The Morgan fingerprint density at radius 3 is 2.53 bits per heavy atom. The molecule has 1 fully saturated rings.